The molecule has 1 aromatic carbocycles. The average molecular weight is 580 g/mol. The zero-order valence-electron chi connectivity index (χ0n) is 22.4. The second-order valence-electron chi connectivity index (χ2n) is 10.6. The fourth-order valence-electron chi connectivity index (χ4n) is 4.02. The van der Waals surface area contributed by atoms with Crippen LogP contribution < -0.4 is 10.0 Å². The van der Waals surface area contributed by atoms with Crippen LogP contribution in [0.4, 0.5) is 9.59 Å². The molecule has 3 amide bonds. The molecular weight excluding hydrogens is 539 g/mol. The molecule has 1 heterocycles. The number of nitrogens with zero attached hydrogens (tertiary/aromatic N) is 2. The Morgan fingerprint density at radius 1 is 1.19 bits per heavy atom. The van der Waals surface area contributed by atoms with Crippen molar-refractivity contribution in [3.63, 3.8) is 0 Å². The number of carbonyl (C=O) groups is 2. The smallest absolute Gasteiger partial charge is 0.410 e. The Kier molecular flexibility index (Phi) is 11.8. The lowest BCUT2D eigenvalue weighted by Crippen LogP contribution is -2.54. The highest BCUT2D eigenvalue weighted by atomic mass is 35.5. The molecule has 0 saturated carbocycles. The number of unbranched alkanes of at least 4 members (excludes halogenated alkanes) is 1. The van der Waals surface area contributed by atoms with Gasteiger partial charge in [0.1, 0.15) is 10.5 Å². The first-order chi connectivity index (χ1) is 17.2. The van der Waals surface area contributed by atoms with E-state index in [1.165, 1.54) is 18.2 Å². The van der Waals surface area contributed by atoms with Crippen LogP contribution in [0.3, 0.4) is 0 Å². The number of hydrogen-bond donors (Lipinski definition) is 2. The molecule has 1 fully saturated rings. The SMILES string of the molecule is CC(C)NC(=O)N(CCCCNS(=O)(=O)c1ccc(Cl)cc1Cl)CC1CCCCN1C(=O)OC(C)(C)C. The fraction of sp³-hybridized carbons (Fsp3) is 0.680. The Hall–Kier alpha value is -1.75. The number of benzene rings is 1. The van der Waals surface area contributed by atoms with Crippen LogP contribution >= 0.6 is 23.2 Å². The van der Waals surface area contributed by atoms with Crippen molar-refractivity contribution < 1.29 is 22.7 Å². The van der Waals surface area contributed by atoms with E-state index in [1.54, 1.807) is 9.80 Å². The molecule has 0 aliphatic carbocycles. The van der Waals surface area contributed by atoms with Gasteiger partial charge in [-0.25, -0.2) is 22.7 Å². The van der Waals surface area contributed by atoms with Crippen LogP contribution in [0, 0.1) is 0 Å². The summed E-state index contributed by atoms with van der Waals surface area (Å²) >= 11 is 11.9. The molecule has 1 unspecified atom stereocenters. The number of ether oxygens (including phenoxy) is 1. The first-order valence-electron chi connectivity index (χ1n) is 12.7. The summed E-state index contributed by atoms with van der Waals surface area (Å²) < 4.78 is 33.3. The maximum atomic E-state index is 12.9. The number of rotatable bonds is 10. The number of nitrogens with one attached hydrogen (secondary N) is 2. The molecule has 1 aromatic rings. The van der Waals surface area contributed by atoms with E-state index in [1.807, 2.05) is 34.6 Å². The summed E-state index contributed by atoms with van der Waals surface area (Å²) in [6.45, 7) is 10.9. The largest absolute Gasteiger partial charge is 0.444 e. The second kappa shape index (κ2) is 13.9. The normalized spacial score (nSPS) is 16.5. The molecule has 0 bridgehead atoms. The Bertz CT molecular complexity index is 1030. The van der Waals surface area contributed by atoms with Crippen molar-refractivity contribution in [3.8, 4) is 0 Å². The van der Waals surface area contributed by atoms with Crippen molar-refractivity contribution in [2.75, 3.05) is 26.2 Å². The van der Waals surface area contributed by atoms with E-state index < -0.39 is 15.6 Å². The van der Waals surface area contributed by atoms with E-state index in [9.17, 15) is 18.0 Å². The van der Waals surface area contributed by atoms with Crippen molar-refractivity contribution in [3.05, 3.63) is 28.2 Å². The number of carbonyl (C=O) groups excluding carboxylic acids is 2. The third-order valence-corrected chi connectivity index (χ3v) is 7.90. The second-order valence-corrected chi connectivity index (χ2v) is 13.1. The van der Waals surface area contributed by atoms with Gasteiger partial charge in [-0.3, -0.25) is 0 Å². The molecule has 1 aliphatic heterocycles. The average Bonchev–Trinajstić information content (AvgIpc) is 2.76. The van der Waals surface area contributed by atoms with Gasteiger partial charge in [-0.2, -0.15) is 0 Å². The quantitative estimate of drug-likeness (QED) is 0.368. The maximum Gasteiger partial charge on any atom is 0.410 e. The molecule has 9 nitrogen and oxygen atoms in total. The Balaban J connectivity index is 1.98. The molecule has 12 heteroatoms. The summed E-state index contributed by atoms with van der Waals surface area (Å²) in [5.74, 6) is 0. The minimum absolute atomic E-state index is 0.0314. The van der Waals surface area contributed by atoms with Crippen LogP contribution in [0.1, 0.15) is 66.7 Å². The van der Waals surface area contributed by atoms with E-state index in [0.29, 0.717) is 37.5 Å². The zero-order chi connectivity index (χ0) is 27.8. The molecular formula is C25H40Cl2N4O5S. The monoisotopic (exact) mass is 578 g/mol. The molecule has 1 aliphatic rings. The van der Waals surface area contributed by atoms with Gasteiger partial charge in [-0.1, -0.05) is 23.2 Å². The fourth-order valence-corrected chi connectivity index (χ4v) is 5.87. The van der Waals surface area contributed by atoms with E-state index in [0.717, 1.165) is 19.3 Å². The lowest BCUT2D eigenvalue weighted by molar-refractivity contribution is 0.00639. The number of amides is 3. The molecule has 0 aromatic heterocycles. The summed E-state index contributed by atoms with van der Waals surface area (Å²) in [7, 11) is -3.79. The number of urea groups is 1. The number of sulfonamides is 1. The number of piperidine rings is 1. The Labute approximate surface area is 231 Å². The minimum atomic E-state index is -3.79. The molecule has 1 saturated heterocycles. The summed E-state index contributed by atoms with van der Waals surface area (Å²) in [4.78, 5) is 29.2. The van der Waals surface area contributed by atoms with Gasteiger partial charge in [0.15, 0.2) is 0 Å². The zero-order valence-corrected chi connectivity index (χ0v) is 24.7. The van der Waals surface area contributed by atoms with Gasteiger partial charge in [-0.15, -0.1) is 0 Å². The van der Waals surface area contributed by atoms with Crippen LogP contribution in [0.25, 0.3) is 0 Å². The van der Waals surface area contributed by atoms with E-state index in [4.69, 9.17) is 27.9 Å². The minimum Gasteiger partial charge on any atom is -0.444 e. The standard InChI is InChI=1S/C25H40Cl2N4O5S/c1-18(2)29-23(32)30(17-20-10-6-8-15-31(20)24(33)36-25(3,4)5)14-9-7-13-28-37(34,35)22-12-11-19(26)16-21(22)27/h11-12,16,18,20,28H,6-10,13-15,17H2,1-5H3,(H,29,32). The molecule has 0 radical (unpaired) electrons. The van der Waals surface area contributed by atoms with Crippen molar-refractivity contribution in [1.29, 1.82) is 0 Å². The summed E-state index contributed by atoms with van der Waals surface area (Å²) in [5.41, 5.74) is -0.600. The van der Waals surface area contributed by atoms with Gasteiger partial charge in [-0.05, 0) is 84.9 Å². The highest BCUT2D eigenvalue weighted by Crippen LogP contribution is 2.25. The Morgan fingerprint density at radius 2 is 1.89 bits per heavy atom. The van der Waals surface area contributed by atoms with Crippen molar-refractivity contribution >= 4 is 45.3 Å². The highest BCUT2D eigenvalue weighted by Gasteiger charge is 2.32. The van der Waals surface area contributed by atoms with Gasteiger partial charge in [0.25, 0.3) is 0 Å². The third-order valence-electron chi connectivity index (χ3n) is 5.72. The molecule has 2 N–H and O–H groups in total. The molecule has 0 spiro atoms. The van der Waals surface area contributed by atoms with Gasteiger partial charge in [0.2, 0.25) is 10.0 Å². The van der Waals surface area contributed by atoms with Gasteiger partial charge >= 0.3 is 12.1 Å². The summed E-state index contributed by atoms with van der Waals surface area (Å²) in [6, 6.07) is 3.82. The number of hydrogen-bond acceptors (Lipinski definition) is 5. The van der Waals surface area contributed by atoms with Crippen LogP contribution in [0.5, 0.6) is 0 Å². The van der Waals surface area contributed by atoms with Crippen LogP contribution in [-0.2, 0) is 14.8 Å². The van der Waals surface area contributed by atoms with Crippen LogP contribution in [0.15, 0.2) is 23.1 Å². The number of halogens is 2. The predicted molar refractivity (Wildman–Crippen MR) is 147 cm³/mol. The Morgan fingerprint density at radius 3 is 2.51 bits per heavy atom. The lowest BCUT2D eigenvalue weighted by Gasteiger charge is -2.39. The maximum absolute atomic E-state index is 12.9. The highest BCUT2D eigenvalue weighted by molar-refractivity contribution is 7.89. The first-order valence-corrected chi connectivity index (χ1v) is 14.9. The summed E-state index contributed by atoms with van der Waals surface area (Å²) in [5, 5.41) is 3.34. The van der Waals surface area contributed by atoms with Crippen molar-refractivity contribution in [2.24, 2.45) is 0 Å². The van der Waals surface area contributed by atoms with E-state index in [-0.39, 0.29) is 40.7 Å². The van der Waals surface area contributed by atoms with Crippen molar-refractivity contribution in [2.45, 2.75) is 89.3 Å². The lowest BCUT2D eigenvalue weighted by atomic mass is 10.0. The van der Waals surface area contributed by atoms with E-state index >= 15 is 0 Å². The molecule has 210 valence electrons. The van der Waals surface area contributed by atoms with Crippen LogP contribution in [-0.4, -0.2) is 74.2 Å². The predicted octanol–water partition coefficient (Wildman–Crippen LogP) is 5.26. The van der Waals surface area contributed by atoms with Gasteiger partial charge in [0, 0.05) is 37.2 Å². The van der Waals surface area contributed by atoms with Crippen LogP contribution in [0.2, 0.25) is 10.0 Å². The van der Waals surface area contributed by atoms with Gasteiger partial charge in [0.05, 0.1) is 11.1 Å². The molecule has 37 heavy (non-hydrogen) atoms. The third kappa shape index (κ3) is 10.5. The van der Waals surface area contributed by atoms with Crippen molar-refractivity contribution in [1.82, 2.24) is 19.8 Å². The topological polar surface area (TPSA) is 108 Å². The summed E-state index contributed by atoms with van der Waals surface area (Å²) in [6.07, 6.45) is 3.37. The molecule has 2 rings (SSSR count). The first kappa shape index (κ1) is 31.5. The van der Waals surface area contributed by atoms with E-state index in [2.05, 4.69) is 10.0 Å². The number of likely N-dealkylation sites (tertiary alicyclic amines) is 1. The molecule has 1 atom stereocenters. The van der Waals surface area contributed by atoms with Gasteiger partial charge < -0.3 is 19.9 Å².